The fraction of sp³-hybridized carbons (Fsp3) is 0.368. The predicted octanol–water partition coefficient (Wildman–Crippen LogP) is 10.5. The summed E-state index contributed by atoms with van der Waals surface area (Å²) in [6.07, 6.45) is 9.68. The van der Waals surface area contributed by atoms with Crippen molar-refractivity contribution in [1.82, 2.24) is 0 Å². The highest BCUT2D eigenvalue weighted by atomic mass is 19.2. The Morgan fingerprint density at radius 3 is 0.567 bits per heavy atom. The molecule has 2 N–H and O–H groups in total. The molecular weight excluding hydrogens is 861 g/mol. The first-order valence-electron chi connectivity index (χ1n) is 18.0. The number of unbranched alkanes of at least 4 members (excludes halogenated alkanes) is 11. The summed E-state index contributed by atoms with van der Waals surface area (Å²) < 4.78 is 294. The van der Waals surface area contributed by atoms with Crippen LogP contribution in [-0.2, 0) is 0 Å². The number of hydrogen-bond donors (Lipinski definition) is 1. The van der Waals surface area contributed by atoms with Gasteiger partial charge in [-0.2, -0.15) is 0 Å². The summed E-state index contributed by atoms with van der Waals surface area (Å²) >= 11 is 0. The van der Waals surface area contributed by atoms with E-state index >= 15 is 35.1 Å². The summed E-state index contributed by atoms with van der Waals surface area (Å²) in [6.45, 7) is 3.15. The average Bonchev–Trinajstić information content (AvgIpc) is 3.22. The lowest BCUT2D eigenvalue weighted by Gasteiger charge is -2.44. The topological polar surface area (TPSA) is 26.0 Å². The zero-order valence-electron chi connectivity index (χ0n) is 30.9. The van der Waals surface area contributed by atoms with E-state index in [-0.39, 0.29) is 0 Å². The molecule has 0 heterocycles. The number of nitrogens with two attached hydrogens (primary N) is 1. The molecule has 0 spiro atoms. The number of benzene rings is 4. The lowest BCUT2D eigenvalue weighted by atomic mass is 9.12. The van der Waals surface area contributed by atoms with E-state index < -0.39 is 144 Å². The Hall–Kier alpha value is -4.50. The van der Waals surface area contributed by atoms with Crippen LogP contribution in [0.1, 0.15) is 84.0 Å². The molecule has 0 atom stereocenters. The second-order valence-corrected chi connectivity index (χ2v) is 13.5. The van der Waals surface area contributed by atoms with Gasteiger partial charge in [-0.15, -0.1) is 21.9 Å². The molecule has 0 aliphatic carbocycles. The minimum Gasteiger partial charge on any atom is -0.330 e. The van der Waals surface area contributed by atoms with Gasteiger partial charge >= 0.3 is 0 Å². The van der Waals surface area contributed by atoms with E-state index in [1.165, 1.54) is 77.0 Å². The summed E-state index contributed by atoms with van der Waals surface area (Å²) in [5, 5.41) is 0. The summed E-state index contributed by atoms with van der Waals surface area (Å²) in [5.74, 6) is -71.4. The Labute approximate surface area is 328 Å². The van der Waals surface area contributed by atoms with Gasteiger partial charge in [0.15, 0.2) is 69.8 Å². The molecule has 0 radical (unpaired) electrons. The molecule has 0 amide bonds. The van der Waals surface area contributed by atoms with Crippen molar-refractivity contribution in [3.8, 4) is 0 Å². The molecule has 0 fully saturated rings. The fourth-order valence-electron chi connectivity index (χ4n) is 6.86. The maximum Gasteiger partial charge on any atom is 0.200 e. The standard InChI is InChI=1S/C24BF20.C14H31N/c26-5-1(6(27)14(35)21(42)13(5)34)25(2-7(28)15(36)22(43)16(37)8(2)29,3-9(30)17(38)23(44)18(39)10(3)31)4-11(32)19(40)24(45)20(41)12(4)33;1-2-3-4-5-6-7-8-9-10-11-12-13-14-15/h;2-15H2,1H3/q-1;. The van der Waals surface area contributed by atoms with Crippen LogP contribution in [0, 0.1) is 116 Å². The van der Waals surface area contributed by atoms with Gasteiger partial charge in [0.25, 0.3) is 0 Å². The lowest BCUT2D eigenvalue weighted by Crippen LogP contribution is -2.81. The van der Waals surface area contributed by atoms with Crippen LogP contribution in [0.2, 0.25) is 0 Å². The van der Waals surface area contributed by atoms with Gasteiger partial charge in [0.05, 0.1) is 0 Å². The van der Waals surface area contributed by atoms with Gasteiger partial charge in [-0.05, 0) is 13.0 Å². The maximum absolute atomic E-state index is 15.4. The molecule has 60 heavy (non-hydrogen) atoms. The smallest absolute Gasteiger partial charge is 0.200 e. The van der Waals surface area contributed by atoms with Crippen LogP contribution in [0.15, 0.2) is 0 Å². The van der Waals surface area contributed by atoms with Crippen molar-refractivity contribution in [1.29, 1.82) is 0 Å². The largest absolute Gasteiger partial charge is 0.330 e. The van der Waals surface area contributed by atoms with Crippen molar-refractivity contribution in [3.05, 3.63) is 116 Å². The lowest BCUT2D eigenvalue weighted by molar-refractivity contribution is 0.378. The summed E-state index contributed by atoms with van der Waals surface area (Å²) in [4.78, 5) is 0. The highest BCUT2D eigenvalue weighted by Gasteiger charge is 2.52. The van der Waals surface area contributed by atoms with Gasteiger partial charge in [0.1, 0.15) is 52.7 Å². The van der Waals surface area contributed by atoms with Crippen molar-refractivity contribution >= 4 is 28.0 Å². The SMILES string of the molecule is CCCCCCCCCCCCCCN.Fc1c(F)c(F)c([B-](c2c(F)c(F)c(F)c(F)c2F)(c2c(F)c(F)c(F)c(F)c2F)c2c(F)c(F)c(F)c(F)c2F)c(F)c1F. The number of rotatable bonds is 16. The fourth-order valence-corrected chi connectivity index (χ4v) is 6.86. The minimum atomic E-state index is -7.22. The van der Waals surface area contributed by atoms with Crippen LogP contribution in [-0.4, -0.2) is 12.7 Å². The first kappa shape index (κ1) is 49.9. The van der Waals surface area contributed by atoms with Gasteiger partial charge < -0.3 is 5.73 Å². The third kappa shape index (κ3) is 9.07. The summed E-state index contributed by atoms with van der Waals surface area (Å²) in [6, 6.07) is 0. The third-order valence-electron chi connectivity index (χ3n) is 9.76. The normalized spacial score (nSPS) is 11.7. The number of hydrogen-bond acceptors (Lipinski definition) is 1. The first-order chi connectivity index (χ1) is 28.1. The van der Waals surface area contributed by atoms with Crippen molar-refractivity contribution in [2.75, 3.05) is 6.54 Å². The number of halogens is 20. The van der Waals surface area contributed by atoms with Gasteiger partial charge in [-0.3, -0.25) is 0 Å². The van der Waals surface area contributed by atoms with E-state index in [1.54, 1.807) is 0 Å². The van der Waals surface area contributed by atoms with E-state index in [0.717, 1.165) is 6.54 Å². The maximum atomic E-state index is 15.4. The van der Waals surface area contributed by atoms with Crippen molar-refractivity contribution < 1.29 is 87.8 Å². The molecule has 0 aliphatic heterocycles. The molecule has 22 heteroatoms. The van der Waals surface area contributed by atoms with E-state index in [9.17, 15) is 52.7 Å². The Morgan fingerprint density at radius 1 is 0.250 bits per heavy atom. The van der Waals surface area contributed by atoms with Crippen LogP contribution in [0.5, 0.6) is 0 Å². The highest BCUT2D eigenvalue weighted by Crippen LogP contribution is 2.30. The molecule has 4 aromatic carbocycles. The molecule has 4 aromatic rings. The Bertz CT molecular complexity index is 1800. The molecule has 0 unspecified atom stereocenters. The van der Waals surface area contributed by atoms with Crippen LogP contribution in [0.3, 0.4) is 0 Å². The molecule has 0 bridgehead atoms. The van der Waals surface area contributed by atoms with Gasteiger partial charge in [-0.1, -0.05) is 77.6 Å². The molecule has 4 rings (SSSR count). The van der Waals surface area contributed by atoms with Gasteiger partial charge in [0, 0.05) is 0 Å². The Morgan fingerprint density at radius 2 is 0.400 bits per heavy atom. The van der Waals surface area contributed by atoms with E-state index in [4.69, 9.17) is 5.73 Å². The summed E-state index contributed by atoms with van der Waals surface area (Å²) in [5.41, 5.74) is -8.88. The molecule has 1 nitrogen and oxygen atoms in total. The van der Waals surface area contributed by atoms with Crippen LogP contribution in [0.25, 0.3) is 0 Å². The second kappa shape index (κ2) is 20.9. The molecule has 0 saturated carbocycles. The van der Waals surface area contributed by atoms with Crippen LogP contribution >= 0.6 is 0 Å². The highest BCUT2D eigenvalue weighted by molar-refractivity contribution is 7.20. The second-order valence-electron chi connectivity index (χ2n) is 13.5. The molecule has 332 valence electrons. The van der Waals surface area contributed by atoms with Crippen molar-refractivity contribution in [3.63, 3.8) is 0 Å². The third-order valence-corrected chi connectivity index (χ3v) is 9.76. The first-order valence-corrected chi connectivity index (χ1v) is 18.0. The van der Waals surface area contributed by atoms with Gasteiger partial charge in [-0.25, -0.2) is 87.8 Å². The van der Waals surface area contributed by atoms with E-state index in [2.05, 4.69) is 6.92 Å². The van der Waals surface area contributed by atoms with Crippen molar-refractivity contribution in [2.45, 2.75) is 84.0 Å². The molecular formula is C38H31BF20N-. The molecule has 0 aliphatic rings. The van der Waals surface area contributed by atoms with Gasteiger partial charge in [0.2, 0.25) is 0 Å². The zero-order chi connectivity index (χ0) is 45.5. The van der Waals surface area contributed by atoms with Crippen LogP contribution in [0.4, 0.5) is 87.8 Å². The van der Waals surface area contributed by atoms with Crippen LogP contribution < -0.4 is 27.6 Å². The van der Waals surface area contributed by atoms with E-state index in [1.807, 2.05) is 0 Å². The molecule has 0 aromatic heterocycles. The monoisotopic (exact) mass is 892 g/mol. The molecule has 0 saturated heterocycles. The summed E-state index contributed by atoms with van der Waals surface area (Å²) in [7, 11) is 0. The average molecular weight is 892 g/mol. The quantitative estimate of drug-likeness (QED) is 0.0392. The van der Waals surface area contributed by atoms with Crippen molar-refractivity contribution in [2.24, 2.45) is 5.73 Å². The Kier molecular flexibility index (Phi) is 17.3. The minimum absolute atomic E-state index is 0.872. The van der Waals surface area contributed by atoms with E-state index in [0.29, 0.717) is 0 Å². The Balaban J connectivity index is 0.000000544. The zero-order valence-corrected chi connectivity index (χ0v) is 30.9. The predicted molar refractivity (Wildman–Crippen MR) is 179 cm³/mol.